The van der Waals surface area contributed by atoms with Crippen LogP contribution in [-0.2, 0) is 17.1 Å². The molecule has 1 heterocycles. The molecule has 1 aromatic heterocycles. The van der Waals surface area contributed by atoms with Crippen LogP contribution in [-0.4, -0.2) is 24.4 Å². The first kappa shape index (κ1) is 11.2. The van der Waals surface area contributed by atoms with Crippen molar-refractivity contribution in [2.24, 2.45) is 0 Å². The molecule has 1 aromatic carbocycles. The number of nitrogens with zero attached hydrogens (tertiary/aromatic N) is 2. The molecule has 0 amide bonds. The molecular formula is C10H10N2O2S2. The molecule has 4 nitrogen and oxygen atoms in total. The van der Waals surface area contributed by atoms with Crippen molar-refractivity contribution in [3.8, 4) is 10.6 Å². The van der Waals surface area contributed by atoms with Gasteiger partial charge in [-0.3, -0.25) is 0 Å². The van der Waals surface area contributed by atoms with Gasteiger partial charge in [0, 0.05) is 12.0 Å². The van der Waals surface area contributed by atoms with Crippen LogP contribution in [0.1, 0.15) is 5.01 Å². The minimum absolute atomic E-state index is 0.138. The fourth-order valence-corrected chi connectivity index (χ4v) is 2.63. The third-order valence-electron chi connectivity index (χ3n) is 2.00. The summed E-state index contributed by atoms with van der Waals surface area (Å²) < 4.78 is 20.9. The highest BCUT2D eigenvalue weighted by Gasteiger charge is 2.05. The Morgan fingerprint density at radius 1 is 1.12 bits per heavy atom. The molecule has 0 aliphatic carbocycles. The van der Waals surface area contributed by atoms with Crippen molar-refractivity contribution in [1.29, 1.82) is 0 Å². The van der Waals surface area contributed by atoms with Gasteiger partial charge in [0.05, 0.1) is 5.75 Å². The van der Waals surface area contributed by atoms with Gasteiger partial charge in [-0.1, -0.05) is 41.7 Å². The highest BCUT2D eigenvalue weighted by Crippen LogP contribution is 2.22. The Kier molecular flexibility index (Phi) is 3.63. The van der Waals surface area contributed by atoms with Crippen molar-refractivity contribution in [3.63, 3.8) is 0 Å². The van der Waals surface area contributed by atoms with Gasteiger partial charge < -0.3 is 0 Å². The van der Waals surface area contributed by atoms with E-state index >= 15 is 0 Å². The highest BCUT2D eigenvalue weighted by atomic mass is 32.2. The minimum Gasteiger partial charge on any atom is -0.232 e. The molecule has 0 saturated heterocycles. The zero-order chi connectivity index (χ0) is 11.4. The molecule has 0 atom stereocenters. The van der Waals surface area contributed by atoms with Crippen molar-refractivity contribution in [3.05, 3.63) is 35.3 Å². The lowest BCUT2D eigenvalue weighted by Gasteiger charge is -1.91. The average molecular weight is 254 g/mol. The molecule has 0 unspecified atom stereocenters. The Morgan fingerprint density at radius 2 is 1.88 bits per heavy atom. The van der Waals surface area contributed by atoms with Crippen LogP contribution in [0.5, 0.6) is 0 Å². The number of benzene rings is 1. The van der Waals surface area contributed by atoms with Gasteiger partial charge in [0.1, 0.15) is 20.7 Å². The van der Waals surface area contributed by atoms with E-state index in [2.05, 4.69) is 10.2 Å². The standard InChI is InChI=1S/C10H10N2O2S2/c13-16(14)7-6-9-11-12-10(15-9)8-4-2-1-3-5-8/h1-5,16H,6-7H2. The summed E-state index contributed by atoms with van der Waals surface area (Å²) in [5.41, 5.74) is 1.01. The van der Waals surface area contributed by atoms with E-state index in [1.54, 1.807) is 0 Å². The lowest BCUT2D eigenvalue weighted by Crippen LogP contribution is -1.92. The summed E-state index contributed by atoms with van der Waals surface area (Å²) in [7, 11) is -2.33. The second-order valence-electron chi connectivity index (χ2n) is 3.17. The van der Waals surface area contributed by atoms with E-state index < -0.39 is 10.7 Å². The zero-order valence-corrected chi connectivity index (χ0v) is 10.1. The first-order chi connectivity index (χ1) is 7.75. The molecule has 0 aliphatic rings. The van der Waals surface area contributed by atoms with Gasteiger partial charge in [-0.25, -0.2) is 8.42 Å². The van der Waals surface area contributed by atoms with Gasteiger partial charge in [-0.2, -0.15) is 0 Å². The van der Waals surface area contributed by atoms with Gasteiger partial charge in [-0.15, -0.1) is 10.2 Å². The third-order valence-corrected chi connectivity index (χ3v) is 3.62. The SMILES string of the molecule is O=[SH](=O)CCc1nnc(-c2ccccc2)s1. The maximum atomic E-state index is 10.4. The van der Waals surface area contributed by atoms with Crippen LogP contribution in [0.25, 0.3) is 10.6 Å². The van der Waals surface area contributed by atoms with Gasteiger partial charge in [0.15, 0.2) is 0 Å². The average Bonchev–Trinajstić information content (AvgIpc) is 2.76. The van der Waals surface area contributed by atoms with E-state index in [9.17, 15) is 8.42 Å². The van der Waals surface area contributed by atoms with Crippen molar-refractivity contribution in [1.82, 2.24) is 10.2 Å². The summed E-state index contributed by atoms with van der Waals surface area (Å²) in [5.74, 6) is 0.138. The molecule has 0 fully saturated rings. The first-order valence-corrected chi connectivity index (χ1v) is 6.93. The molecule has 84 valence electrons. The van der Waals surface area contributed by atoms with Crippen LogP contribution >= 0.6 is 11.3 Å². The van der Waals surface area contributed by atoms with Crippen molar-refractivity contribution in [2.75, 3.05) is 5.75 Å². The van der Waals surface area contributed by atoms with Crippen LogP contribution in [0, 0.1) is 0 Å². The summed E-state index contributed by atoms with van der Waals surface area (Å²) in [6.07, 6.45) is 0.448. The smallest absolute Gasteiger partial charge is 0.147 e. The summed E-state index contributed by atoms with van der Waals surface area (Å²) >= 11 is 1.44. The van der Waals surface area contributed by atoms with E-state index in [1.165, 1.54) is 11.3 Å². The van der Waals surface area contributed by atoms with Gasteiger partial charge in [-0.05, 0) is 0 Å². The molecule has 0 saturated carbocycles. The molecule has 6 heteroatoms. The van der Waals surface area contributed by atoms with E-state index in [0.29, 0.717) is 6.42 Å². The number of rotatable bonds is 4. The lowest BCUT2D eigenvalue weighted by molar-refractivity contribution is 0.613. The molecule has 16 heavy (non-hydrogen) atoms. The Hall–Kier alpha value is -1.27. The largest absolute Gasteiger partial charge is 0.232 e. The maximum absolute atomic E-state index is 10.4. The van der Waals surface area contributed by atoms with E-state index in [-0.39, 0.29) is 5.75 Å². The Balaban J connectivity index is 2.14. The summed E-state index contributed by atoms with van der Waals surface area (Å²) in [5, 5.41) is 9.59. The number of thiol groups is 1. The predicted molar refractivity (Wildman–Crippen MR) is 64.2 cm³/mol. The number of hydrogen-bond donors (Lipinski definition) is 1. The summed E-state index contributed by atoms with van der Waals surface area (Å²) in [6.45, 7) is 0. The first-order valence-electron chi connectivity index (χ1n) is 4.75. The van der Waals surface area contributed by atoms with Crippen LogP contribution in [0.2, 0.25) is 0 Å². The Morgan fingerprint density at radius 3 is 2.56 bits per heavy atom. The van der Waals surface area contributed by atoms with Gasteiger partial charge >= 0.3 is 0 Å². The highest BCUT2D eigenvalue weighted by molar-refractivity contribution is 7.72. The second kappa shape index (κ2) is 5.18. The normalized spacial score (nSPS) is 10.8. The molecule has 0 spiro atoms. The van der Waals surface area contributed by atoms with E-state index in [4.69, 9.17) is 0 Å². The van der Waals surface area contributed by atoms with Gasteiger partial charge in [0.2, 0.25) is 0 Å². The zero-order valence-electron chi connectivity index (χ0n) is 8.37. The van der Waals surface area contributed by atoms with E-state index in [1.807, 2.05) is 30.3 Å². The molecule has 2 rings (SSSR count). The molecular weight excluding hydrogens is 244 g/mol. The summed E-state index contributed by atoms with van der Waals surface area (Å²) in [4.78, 5) is 0. The van der Waals surface area contributed by atoms with Gasteiger partial charge in [0.25, 0.3) is 0 Å². The molecule has 0 bridgehead atoms. The van der Waals surface area contributed by atoms with Crippen LogP contribution in [0.15, 0.2) is 30.3 Å². The van der Waals surface area contributed by atoms with Crippen molar-refractivity contribution in [2.45, 2.75) is 6.42 Å². The summed E-state index contributed by atoms with van der Waals surface area (Å²) in [6, 6.07) is 9.72. The molecule has 0 radical (unpaired) electrons. The van der Waals surface area contributed by atoms with Crippen molar-refractivity contribution >= 4 is 22.0 Å². The fourth-order valence-electron chi connectivity index (χ4n) is 1.24. The second-order valence-corrected chi connectivity index (χ2v) is 5.35. The number of aromatic nitrogens is 2. The van der Waals surface area contributed by atoms with Crippen LogP contribution in [0.4, 0.5) is 0 Å². The maximum Gasteiger partial charge on any atom is 0.147 e. The predicted octanol–water partition coefficient (Wildman–Crippen LogP) is 1.36. The molecule has 2 aromatic rings. The number of aryl methyl sites for hydroxylation is 1. The molecule has 0 N–H and O–H groups in total. The Bertz CT molecular complexity index is 527. The third kappa shape index (κ3) is 2.86. The fraction of sp³-hybridized carbons (Fsp3) is 0.200. The Labute approximate surface area is 98.9 Å². The quantitative estimate of drug-likeness (QED) is 0.837. The van der Waals surface area contributed by atoms with Crippen LogP contribution < -0.4 is 0 Å². The van der Waals surface area contributed by atoms with E-state index in [0.717, 1.165) is 15.6 Å². The monoisotopic (exact) mass is 254 g/mol. The van der Waals surface area contributed by atoms with Crippen LogP contribution in [0.3, 0.4) is 0 Å². The minimum atomic E-state index is -2.33. The molecule has 0 aliphatic heterocycles. The topological polar surface area (TPSA) is 59.9 Å². The number of hydrogen-bond acceptors (Lipinski definition) is 5. The lowest BCUT2D eigenvalue weighted by atomic mass is 10.2. The van der Waals surface area contributed by atoms with Crippen molar-refractivity contribution < 1.29 is 8.42 Å².